The van der Waals surface area contributed by atoms with Crippen molar-refractivity contribution in [3.8, 4) is 0 Å². The third-order valence-electron chi connectivity index (χ3n) is 4.40. The van der Waals surface area contributed by atoms with E-state index >= 15 is 0 Å². The number of benzene rings is 1. The van der Waals surface area contributed by atoms with Crippen LogP contribution in [0.2, 0.25) is 0 Å². The van der Waals surface area contributed by atoms with E-state index in [1.807, 2.05) is 20.4 Å². The first-order valence-corrected chi connectivity index (χ1v) is 6.93. The first-order chi connectivity index (χ1) is 9.20. The van der Waals surface area contributed by atoms with E-state index in [9.17, 15) is 0 Å². The van der Waals surface area contributed by atoms with E-state index in [1.54, 1.807) is 0 Å². The summed E-state index contributed by atoms with van der Waals surface area (Å²) in [5.41, 5.74) is 4.01. The Bertz CT molecular complexity index is 583. The summed E-state index contributed by atoms with van der Waals surface area (Å²) in [6.07, 6.45) is 4.46. The van der Waals surface area contributed by atoms with Crippen LogP contribution in [0, 0.1) is 5.41 Å². The van der Waals surface area contributed by atoms with Crippen molar-refractivity contribution in [2.24, 2.45) is 12.5 Å². The molecule has 0 saturated heterocycles. The second-order valence-corrected chi connectivity index (χ2v) is 5.72. The van der Waals surface area contributed by atoms with Crippen LogP contribution in [-0.2, 0) is 7.05 Å². The molecule has 102 valence electrons. The molecule has 0 radical (unpaired) electrons. The average molecular weight is 258 g/mol. The van der Waals surface area contributed by atoms with E-state index in [0.717, 1.165) is 12.1 Å². The van der Waals surface area contributed by atoms with Crippen molar-refractivity contribution in [2.75, 3.05) is 20.6 Å². The number of nitrogens with one attached hydrogen (secondary N) is 2. The van der Waals surface area contributed by atoms with Gasteiger partial charge >= 0.3 is 0 Å². The lowest BCUT2D eigenvalue weighted by Crippen LogP contribution is -2.33. The highest BCUT2D eigenvalue weighted by Gasteiger charge is 2.48. The van der Waals surface area contributed by atoms with Crippen molar-refractivity contribution < 1.29 is 0 Å². The predicted molar refractivity (Wildman–Crippen MR) is 78.1 cm³/mol. The molecule has 0 aliphatic heterocycles. The molecule has 0 bridgehead atoms. The second-order valence-electron chi connectivity index (χ2n) is 5.72. The van der Waals surface area contributed by atoms with Crippen molar-refractivity contribution in [3.05, 3.63) is 30.1 Å². The lowest BCUT2D eigenvalue weighted by atomic mass is 9.89. The Morgan fingerprint density at radius 3 is 2.79 bits per heavy atom. The van der Waals surface area contributed by atoms with Gasteiger partial charge in [-0.2, -0.15) is 0 Å². The van der Waals surface area contributed by atoms with E-state index < -0.39 is 0 Å². The normalized spacial score (nSPS) is 18.7. The zero-order chi connectivity index (χ0) is 13.5. The number of fused-ring (bicyclic) bond motifs is 1. The highest BCUT2D eigenvalue weighted by molar-refractivity contribution is 5.76. The molecule has 1 aliphatic carbocycles. The van der Waals surface area contributed by atoms with Gasteiger partial charge in [0.25, 0.3) is 0 Å². The van der Waals surface area contributed by atoms with Gasteiger partial charge in [-0.05, 0) is 44.6 Å². The molecule has 0 spiro atoms. The Kier molecular flexibility index (Phi) is 3.07. The first-order valence-electron chi connectivity index (χ1n) is 6.93. The molecule has 1 aromatic heterocycles. The van der Waals surface area contributed by atoms with Crippen LogP contribution in [0.15, 0.2) is 24.5 Å². The van der Waals surface area contributed by atoms with Gasteiger partial charge in [0.05, 0.1) is 17.4 Å². The Morgan fingerprint density at radius 2 is 2.16 bits per heavy atom. The van der Waals surface area contributed by atoms with Gasteiger partial charge in [-0.25, -0.2) is 4.98 Å². The number of aromatic nitrogens is 2. The molecule has 1 aliphatic rings. The van der Waals surface area contributed by atoms with Gasteiger partial charge in [-0.3, -0.25) is 0 Å². The summed E-state index contributed by atoms with van der Waals surface area (Å²) in [5, 5.41) is 6.84. The number of nitrogens with zero attached hydrogens (tertiary/aromatic N) is 2. The van der Waals surface area contributed by atoms with Crippen LogP contribution < -0.4 is 10.6 Å². The van der Waals surface area contributed by atoms with Gasteiger partial charge in [0.2, 0.25) is 0 Å². The monoisotopic (exact) mass is 258 g/mol. The van der Waals surface area contributed by atoms with Crippen LogP contribution in [0.5, 0.6) is 0 Å². The smallest absolute Gasteiger partial charge is 0.0955 e. The van der Waals surface area contributed by atoms with Crippen molar-refractivity contribution in [1.29, 1.82) is 0 Å². The maximum atomic E-state index is 4.46. The minimum Gasteiger partial charge on any atom is -0.334 e. The Balaban J connectivity index is 1.97. The fourth-order valence-electron chi connectivity index (χ4n) is 3.24. The third-order valence-corrected chi connectivity index (χ3v) is 4.40. The zero-order valence-electron chi connectivity index (χ0n) is 11.9. The van der Waals surface area contributed by atoms with Gasteiger partial charge in [-0.1, -0.05) is 6.07 Å². The van der Waals surface area contributed by atoms with Crippen molar-refractivity contribution in [3.63, 3.8) is 0 Å². The molecule has 1 atom stereocenters. The number of imidazole rings is 1. The molecule has 4 heteroatoms. The standard InChI is InChI=1S/C15H22N4/c1-16-9-15(6-7-15)14(17-2)11-4-5-13-12(8-11)18-10-19(13)3/h4-5,8,10,14,16-17H,6-7,9H2,1-3H3. The SMILES string of the molecule is CNCC1(C(NC)c2ccc3c(c2)ncn3C)CC1. The van der Waals surface area contributed by atoms with Gasteiger partial charge < -0.3 is 15.2 Å². The summed E-state index contributed by atoms with van der Waals surface area (Å²) in [6, 6.07) is 7.05. The highest BCUT2D eigenvalue weighted by atomic mass is 15.0. The number of rotatable bonds is 5. The maximum absolute atomic E-state index is 4.46. The summed E-state index contributed by atoms with van der Waals surface area (Å²) in [7, 11) is 6.13. The van der Waals surface area contributed by atoms with E-state index in [0.29, 0.717) is 11.5 Å². The molecule has 3 rings (SSSR count). The summed E-state index contributed by atoms with van der Waals surface area (Å²) < 4.78 is 2.06. The molecular formula is C15H22N4. The topological polar surface area (TPSA) is 41.9 Å². The largest absolute Gasteiger partial charge is 0.334 e. The molecule has 1 fully saturated rings. The van der Waals surface area contributed by atoms with Crippen molar-refractivity contribution >= 4 is 11.0 Å². The van der Waals surface area contributed by atoms with E-state index in [2.05, 4.69) is 45.4 Å². The van der Waals surface area contributed by atoms with Gasteiger partial charge in [0.15, 0.2) is 0 Å². The van der Waals surface area contributed by atoms with E-state index in [-0.39, 0.29) is 0 Å². The van der Waals surface area contributed by atoms with Crippen LogP contribution in [0.4, 0.5) is 0 Å². The van der Waals surface area contributed by atoms with Crippen LogP contribution in [0.25, 0.3) is 11.0 Å². The fourth-order valence-corrected chi connectivity index (χ4v) is 3.24. The summed E-state index contributed by atoms with van der Waals surface area (Å²) in [5.74, 6) is 0. The zero-order valence-corrected chi connectivity index (χ0v) is 11.9. The molecule has 19 heavy (non-hydrogen) atoms. The molecule has 1 unspecified atom stereocenters. The van der Waals surface area contributed by atoms with E-state index in [4.69, 9.17) is 0 Å². The molecular weight excluding hydrogens is 236 g/mol. The lowest BCUT2D eigenvalue weighted by molar-refractivity contribution is 0.347. The summed E-state index contributed by atoms with van der Waals surface area (Å²) in [4.78, 5) is 4.46. The highest BCUT2D eigenvalue weighted by Crippen LogP contribution is 2.54. The Hall–Kier alpha value is -1.39. The predicted octanol–water partition coefficient (Wildman–Crippen LogP) is 1.83. The van der Waals surface area contributed by atoms with Crippen molar-refractivity contribution in [1.82, 2.24) is 20.2 Å². The van der Waals surface area contributed by atoms with Gasteiger partial charge in [0, 0.05) is 25.0 Å². The van der Waals surface area contributed by atoms with Crippen LogP contribution in [0.3, 0.4) is 0 Å². The maximum Gasteiger partial charge on any atom is 0.0955 e. The van der Waals surface area contributed by atoms with Crippen LogP contribution in [-0.4, -0.2) is 30.2 Å². The minimum atomic E-state index is 0.381. The van der Waals surface area contributed by atoms with Crippen molar-refractivity contribution in [2.45, 2.75) is 18.9 Å². The Morgan fingerprint density at radius 1 is 1.37 bits per heavy atom. The minimum absolute atomic E-state index is 0.381. The number of hydrogen-bond acceptors (Lipinski definition) is 3. The lowest BCUT2D eigenvalue weighted by Gasteiger charge is -2.27. The molecule has 1 heterocycles. The van der Waals surface area contributed by atoms with E-state index in [1.165, 1.54) is 23.9 Å². The number of aryl methyl sites for hydroxylation is 1. The molecule has 1 saturated carbocycles. The quantitative estimate of drug-likeness (QED) is 0.860. The fraction of sp³-hybridized carbons (Fsp3) is 0.533. The second kappa shape index (κ2) is 4.62. The number of hydrogen-bond donors (Lipinski definition) is 2. The van der Waals surface area contributed by atoms with Crippen LogP contribution in [0.1, 0.15) is 24.4 Å². The molecule has 0 amide bonds. The summed E-state index contributed by atoms with van der Waals surface area (Å²) in [6.45, 7) is 1.07. The van der Waals surface area contributed by atoms with Gasteiger partial charge in [0.1, 0.15) is 0 Å². The molecule has 1 aromatic carbocycles. The molecule has 2 aromatic rings. The third kappa shape index (κ3) is 2.05. The molecule has 4 nitrogen and oxygen atoms in total. The average Bonchev–Trinajstić information content (AvgIpc) is 3.08. The first kappa shape index (κ1) is 12.6. The van der Waals surface area contributed by atoms with Crippen LogP contribution >= 0.6 is 0 Å². The molecule has 2 N–H and O–H groups in total. The van der Waals surface area contributed by atoms with Gasteiger partial charge in [-0.15, -0.1) is 0 Å². The Labute approximate surface area is 114 Å². The summed E-state index contributed by atoms with van der Waals surface area (Å²) >= 11 is 0.